The number of nitrogens with zero attached hydrogens (tertiary/aromatic N) is 3. The Labute approximate surface area is 139 Å². The highest BCUT2D eigenvalue weighted by molar-refractivity contribution is 8.10. The van der Waals surface area contributed by atoms with E-state index in [0.29, 0.717) is 21.5 Å². The van der Waals surface area contributed by atoms with Crippen LogP contribution in [0.25, 0.3) is 11.0 Å². The number of aliphatic hydroxyl groups excluding tert-OH is 1. The average molecular weight is 352 g/mol. The molecule has 1 N–H and O–H groups in total. The van der Waals surface area contributed by atoms with Gasteiger partial charge in [0, 0.05) is 16.9 Å². The molecule has 0 spiro atoms. The van der Waals surface area contributed by atoms with E-state index in [0.717, 1.165) is 21.8 Å². The minimum Gasteiger partial charge on any atom is -0.368 e. The molecule has 22 heavy (non-hydrogen) atoms. The second kappa shape index (κ2) is 5.42. The number of aliphatic hydroxyl groups is 1. The smallest absolute Gasteiger partial charge is 0.269 e. The molecule has 0 bridgehead atoms. The minimum absolute atomic E-state index is 0.200. The van der Waals surface area contributed by atoms with Crippen LogP contribution in [0.1, 0.15) is 0 Å². The molecule has 0 aliphatic carbocycles. The van der Waals surface area contributed by atoms with Crippen LogP contribution in [0.15, 0.2) is 34.1 Å². The summed E-state index contributed by atoms with van der Waals surface area (Å²) in [5.74, 6) is 1.95. The predicted molar refractivity (Wildman–Crippen MR) is 90.0 cm³/mol. The number of anilines is 1. The van der Waals surface area contributed by atoms with Crippen LogP contribution >= 0.6 is 35.1 Å². The van der Waals surface area contributed by atoms with Crippen LogP contribution in [-0.4, -0.2) is 38.7 Å². The number of hydrogen-bond acceptors (Lipinski definition) is 6. The van der Waals surface area contributed by atoms with Gasteiger partial charge >= 0.3 is 0 Å². The molecule has 2 aromatic rings. The van der Waals surface area contributed by atoms with Gasteiger partial charge in [0.2, 0.25) is 0 Å². The van der Waals surface area contributed by atoms with E-state index >= 15 is 0 Å². The quantitative estimate of drug-likeness (QED) is 0.797. The highest BCUT2D eigenvalue weighted by atomic mass is 35.5. The van der Waals surface area contributed by atoms with E-state index in [9.17, 15) is 9.90 Å². The Kier molecular flexibility index (Phi) is 3.53. The second-order valence-electron chi connectivity index (χ2n) is 4.79. The third kappa shape index (κ3) is 2.20. The molecule has 8 heteroatoms. The Bertz CT molecular complexity index is 827. The fraction of sp³-hybridized carbons (Fsp3) is 0.214. The van der Waals surface area contributed by atoms with Crippen molar-refractivity contribution in [2.45, 2.75) is 6.23 Å². The van der Waals surface area contributed by atoms with Crippen LogP contribution in [0.4, 0.5) is 5.82 Å². The first-order valence-electron chi connectivity index (χ1n) is 6.60. The van der Waals surface area contributed by atoms with Crippen molar-refractivity contribution in [3.05, 3.63) is 39.2 Å². The lowest BCUT2D eigenvalue weighted by atomic mass is 10.3. The Hall–Kier alpha value is -1.28. The zero-order valence-electron chi connectivity index (χ0n) is 11.2. The number of carbonyl (C=O) groups excluding carboxylic acids is 1. The van der Waals surface area contributed by atoms with Gasteiger partial charge in [-0.05, 0) is 24.3 Å². The summed E-state index contributed by atoms with van der Waals surface area (Å²) in [7, 11) is 0. The molecule has 0 saturated carbocycles. The molecule has 0 fully saturated rings. The van der Waals surface area contributed by atoms with Crippen molar-refractivity contribution in [1.29, 1.82) is 0 Å². The molecule has 112 valence electrons. The van der Waals surface area contributed by atoms with Gasteiger partial charge in [0.1, 0.15) is 11.0 Å². The van der Waals surface area contributed by atoms with E-state index in [1.54, 1.807) is 12.1 Å². The lowest BCUT2D eigenvalue weighted by molar-refractivity contribution is -0.115. The van der Waals surface area contributed by atoms with Gasteiger partial charge in [-0.1, -0.05) is 11.6 Å². The van der Waals surface area contributed by atoms with E-state index in [1.807, 2.05) is 12.1 Å². The summed E-state index contributed by atoms with van der Waals surface area (Å²) in [6.07, 6.45) is -0.968. The topological polar surface area (TPSA) is 66.3 Å². The largest absolute Gasteiger partial charge is 0.368 e. The normalized spacial score (nSPS) is 21.6. The SMILES string of the molecule is O=C1C2=C(SCCS2)C(O)N1c1ccc2ccc(Cl)nc2n1. The number of carbonyl (C=O) groups is 1. The number of halogens is 1. The maximum absolute atomic E-state index is 12.5. The molecule has 0 radical (unpaired) electrons. The van der Waals surface area contributed by atoms with Gasteiger partial charge in [0.05, 0.1) is 9.81 Å². The highest BCUT2D eigenvalue weighted by Gasteiger charge is 2.41. The third-order valence-electron chi connectivity index (χ3n) is 3.45. The van der Waals surface area contributed by atoms with Crippen molar-refractivity contribution in [1.82, 2.24) is 9.97 Å². The Morgan fingerprint density at radius 2 is 1.95 bits per heavy atom. The zero-order valence-corrected chi connectivity index (χ0v) is 13.6. The van der Waals surface area contributed by atoms with Crippen molar-refractivity contribution >= 4 is 57.9 Å². The van der Waals surface area contributed by atoms with E-state index in [1.165, 1.54) is 28.4 Å². The van der Waals surface area contributed by atoms with Crippen LogP contribution in [0.3, 0.4) is 0 Å². The maximum atomic E-state index is 12.5. The van der Waals surface area contributed by atoms with E-state index < -0.39 is 6.23 Å². The second-order valence-corrected chi connectivity index (χ2v) is 7.42. The molecule has 2 aromatic heterocycles. The number of amides is 1. The first-order chi connectivity index (χ1) is 10.6. The maximum Gasteiger partial charge on any atom is 0.269 e. The summed E-state index contributed by atoms with van der Waals surface area (Å²) >= 11 is 8.92. The summed E-state index contributed by atoms with van der Waals surface area (Å²) in [6, 6.07) is 7.04. The number of hydrogen-bond donors (Lipinski definition) is 1. The van der Waals surface area contributed by atoms with E-state index in [4.69, 9.17) is 11.6 Å². The lowest BCUT2D eigenvalue weighted by Gasteiger charge is -2.21. The highest BCUT2D eigenvalue weighted by Crippen LogP contribution is 2.44. The van der Waals surface area contributed by atoms with Crippen LogP contribution in [0.5, 0.6) is 0 Å². The number of rotatable bonds is 1. The summed E-state index contributed by atoms with van der Waals surface area (Å²) in [5, 5.41) is 11.6. The van der Waals surface area contributed by atoms with Crippen molar-refractivity contribution in [2.75, 3.05) is 16.4 Å². The van der Waals surface area contributed by atoms with Crippen LogP contribution in [-0.2, 0) is 4.79 Å². The van der Waals surface area contributed by atoms with E-state index in [2.05, 4.69) is 9.97 Å². The number of thioether (sulfide) groups is 2. The van der Waals surface area contributed by atoms with Crippen molar-refractivity contribution in [3.8, 4) is 0 Å². The molecule has 1 unspecified atom stereocenters. The molecule has 4 heterocycles. The first kappa shape index (κ1) is 14.3. The number of aromatic nitrogens is 2. The summed E-state index contributed by atoms with van der Waals surface area (Å²) < 4.78 is 0. The van der Waals surface area contributed by atoms with Gasteiger partial charge in [0.15, 0.2) is 11.9 Å². The molecule has 0 saturated heterocycles. The van der Waals surface area contributed by atoms with Gasteiger partial charge in [-0.15, -0.1) is 23.5 Å². The number of pyridine rings is 2. The van der Waals surface area contributed by atoms with Crippen LogP contribution in [0.2, 0.25) is 5.15 Å². The number of fused-ring (bicyclic) bond motifs is 1. The van der Waals surface area contributed by atoms with Crippen molar-refractivity contribution in [2.24, 2.45) is 0 Å². The fourth-order valence-electron chi connectivity index (χ4n) is 2.46. The van der Waals surface area contributed by atoms with Crippen LogP contribution < -0.4 is 4.90 Å². The predicted octanol–water partition coefficient (Wildman–Crippen LogP) is 2.64. The van der Waals surface area contributed by atoms with E-state index in [-0.39, 0.29) is 5.91 Å². The molecule has 0 aromatic carbocycles. The molecule has 1 amide bonds. The van der Waals surface area contributed by atoms with Gasteiger partial charge in [-0.25, -0.2) is 9.97 Å². The average Bonchev–Trinajstić information content (AvgIpc) is 2.79. The Balaban J connectivity index is 1.77. The van der Waals surface area contributed by atoms with Crippen LogP contribution in [0, 0.1) is 0 Å². The zero-order chi connectivity index (χ0) is 15.3. The summed E-state index contributed by atoms with van der Waals surface area (Å²) in [6.45, 7) is 0. The lowest BCUT2D eigenvalue weighted by Crippen LogP contribution is -2.35. The molecule has 5 nitrogen and oxygen atoms in total. The third-order valence-corrected chi connectivity index (χ3v) is 6.28. The molecule has 4 rings (SSSR count). The van der Waals surface area contributed by atoms with Gasteiger partial charge in [0.25, 0.3) is 5.91 Å². The molecule has 1 atom stereocenters. The minimum atomic E-state index is -0.968. The summed E-state index contributed by atoms with van der Waals surface area (Å²) in [4.78, 5) is 23.8. The van der Waals surface area contributed by atoms with Gasteiger partial charge < -0.3 is 5.11 Å². The summed E-state index contributed by atoms with van der Waals surface area (Å²) in [5.41, 5.74) is 0.454. The van der Waals surface area contributed by atoms with Crippen molar-refractivity contribution in [3.63, 3.8) is 0 Å². The fourth-order valence-corrected chi connectivity index (χ4v) is 4.99. The molecular weight excluding hydrogens is 342 g/mol. The van der Waals surface area contributed by atoms with Gasteiger partial charge in [-0.3, -0.25) is 9.69 Å². The molecule has 2 aliphatic heterocycles. The van der Waals surface area contributed by atoms with Crippen molar-refractivity contribution < 1.29 is 9.90 Å². The Morgan fingerprint density at radius 1 is 1.18 bits per heavy atom. The van der Waals surface area contributed by atoms with Gasteiger partial charge in [-0.2, -0.15) is 0 Å². The standard InChI is InChI=1S/C14H10ClN3O2S2/c15-8-3-1-7-2-4-9(17-12(7)16-8)18-13(19)10-11(14(18)20)22-6-5-21-10/h1-4,13,19H,5-6H2. The first-order valence-corrected chi connectivity index (χ1v) is 8.95. The Morgan fingerprint density at radius 3 is 2.77 bits per heavy atom. The monoisotopic (exact) mass is 351 g/mol. The molecular formula is C14H10ClN3O2S2. The molecule has 2 aliphatic rings.